The number of aliphatic carboxylic acids is 1. The monoisotopic (exact) mass is 354 g/mol. The lowest BCUT2D eigenvalue weighted by molar-refractivity contribution is -0.137. The molecule has 21 heavy (non-hydrogen) atoms. The third-order valence-corrected chi connectivity index (χ3v) is 2.97. The molecule has 2 rings (SSSR count). The van der Waals surface area contributed by atoms with E-state index in [-0.39, 0.29) is 12.2 Å². The van der Waals surface area contributed by atoms with Crippen molar-refractivity contribution in [2.75, 3.05) is 12.4 Å². The van der Waals surface area contributed by atoms with Gasteiger partial charge >= 0.3 is 5.97 Å². The fourth-order valence-electron chi connectivity index (χ4n) is 1.58. The van der Waals surface area contributed by atoms with E-state index in [2.05, 4.69) is 31.6 Å². The maximum atomic E-state index is 12.0. The van der Waals surface area contributed by atoms with Crippen LogP contribution in [0.15, 0.2) is 28.9 Å². The number of carboxylic acids is 1. The quantitative estimate of drug-likeness (QED) is 0.840. The number of carbonyl (C=O) groups excluding carboxylic acids is 1. The Morgan fingerprint density at radius 1 is 1.48 bits per heavy atom. The first-order valence-corrected chi connectivity index (χ1v) is 6.55. The Hall–Kier alpha value is -2.42. The Bertz CT molecular complexity index is 686. The van der Waals surface area contributed by atoms with Crippen LogP contribution in [0.4, 0.5) is 5.69 Å². The van der Waals surface area contributed by atoms with Crippen LogP contribution in [0, 0.1) is 0 Å². The molecular weight excluding hydrogens is 344 g/mol. The topological polar surface area (TPSA) is 106 Å². The molecule has 0 saturated carbocycles. The van der Waals surface area contributed by atoms with E-state index in [1.165, 1.54) is 13.3 Å². The van der Waals surface area contributed by atoms with Gasteiger partial charge in [-0.05, 0) is 18.2 Å². The second kappa shape index (κ2) is 6.35. The van der Waals surface area contributed by atoms with Gasteiger partial charge in [0, 0.05) is 4.47 Å². The van der Waals surface area contributed by atoms with Gasteiger partial charge < -0.3 is 15.2 Å². The SMILES string of the molecule is COc1ccc(Br)cc1NC(=O)c1cn(CC(=O)O)nn1. The minimum Gasteiger partial charge on any atom is -0.495 e. The number of nitrogens with one attached hydrogen (secondary N) is 1. The van der Waals surface area contributed by atoms with Crippen LogP contribution < -0.4 is 10.1 Å². The number of carbonyl (C=O) groups is 2. The summed E-state index contributed by atoms with van der Waals surface area (Å²) < 4.78 is 6.98. The molecule has 9 heteroatoms. The molecule has 0 aliphatic heterocycles. The molecule has 0 bridgehead atoms. The predicted octanol–water partition coefficient (Wildman–Crippen LogP) is 1.39. The number of carboxylic acid groups (broad SMARTS) is 1. The van der Waals surface area contributed by atoms with E-state index >= 15 is 0 Å². The van der Waals surface area contributed by atoms with Crippen molar-refractivity contribution in [3.63, 3.8) is 0 Å². The average molecular weight is 355 g/mol. The maximum absolute atomic E-state index is 12.0. The summed E-state index contributed by atoms with van der Waals surface area (Å²) in [5, 5.41) is 18.5. The van der Waals surface area contributed by atoms with Gasteiger partial charge in [0.05, 0.1) is 19.0 Å². The molecule has 0 saturated heterocycles. The molecule has 0 aliphatic rings. The largest absolute Gasteiger partial charge is 0.495 e. The second-order valence-corrected chi connectivity index (χ2v) is 4.91. The van der Waals surface area contributed by atoms with Crippen LogP contribution in [0.5, 0.6) is 5.75 Å². The maximum Gasteiger partial charge on any atom is 0.325 e. The summed E-state index contributed by atoms with van der Waals surface area (Å²) in [4.78, 5) is 22.6. The summed E-state index contributed by atoms with van der Waals surface area (Å²) >= 11 is 3.30. The summed E-state index contributed by atoms with van der Waals surface area (Å²) in [5.41, 5.74) is 0.475. The van der Waals surface area contributed by atoms with Crippen LogP contribution in [0.1, 0.15) is 10.5 Å². The van der Waals surface area contributed by atoms with Gasteiger partial charge in [-0.2, -0.15) is 0 Å². The van der Waals surface area contributed by atoms with Crippen molar-refractivity contribution in [3.8, 4) is 5.75 Å². The van der Waals surface area contributed by atoms with Crippen molar-refractivity contribution < 1.29 is 19.4 Å². The van der Waals surface area contributed by atoms with Crippen molar-refractivity contribution in [1.82, 2.24) is 15.0 Å². The highest BCUT2D eigenvalue weighted by molar-refractivity contribution is 9.10. The van der Waals surface area contributed by atoms with Gasteiger partial charge in [-0.25, -0.2) is 4.68 Å². The Balaban J connectivity index is 2.16. The third kappa shape index (κ3) is 3.78. The lowest BCUT2D eigenvalue weighted by atomic mass is 10.3. The fourth-order valence-corrected chi connectivity index (χ4v) is 1.94. The van der Waals surface area contributed by atoms with Gasteiger partial charge in [0.2, 0.25) is 0 Å². The number of benzene rings is 1. The predicted molar refractivity (Wildman–Crippen MR) is 76.3 cm³/mol. The molecule has 0 radical (unpaired) electrons. The summed E-state index contributed by atoms with van der Waals surface area (Å²) in [7, 11) is 1.49. The number of methoxy groups -OCH3 is 1. The Morgan fingerprint density at radius 2 is 2.24 bits per heavy atom. The first-order chi connectivity index (χ1) is 9.99. The smallest absolute Gasteiger partial charge is 0.325 e. The fraction of sp³-hybridized carbons (Fsp3) is 0.167. The highest BCUT2D eigenvalue weighted by Gasteiger charge is 2.14. The molecular formula is C12H11BrN4O4. The van der Waals surface area contributed by atoms with Crippen LogP contribution in [-0.4, -0.2) is 39.1 Å². The molecule has 8 nitrogen and oxygen atoms in total. The highest BCUT2D eigenvalue weighted by atomic mass is 79.9. The summed E-state index contributed by atoms with van der Waals surface area (Å²) in [5.74, 6) is -1.09. The second-order valence-electron chi connectivity index (χ2n) is 3.99. The Labute approximate surface area is 127 Å². The average Bonchev–Trinajstić information content (AvgIpc) is 2.86. The zero-order valence-corrected chi connectivity index (χ0v) is 12.5. The minimum atomic E-state index is -1.07. The van der Waals surface area contributed by atoms with E-state index in [1.807, 2.05) is 0 Å². The first kappa shape index (κ1) is 15.0. The molecule has 0 atom stereocenters. The molecule has 0 fully saturated rings. The van der Waals surface area contributed by atoms with Gasteiger partial charge in [-0.3, -0.25) is 9.59 Å². The summed E-state index contributed by atoms with van der Waals surface area (Å²) in [6.07, 6.45) is 1.26. The number of aromatic nitrogens is 3. The molecule has 1 heterocycles. The summed E-state index contributed by atoms with van der Waals surface area (Å²) in [6.45, 7) is -0.361. The standard InChI is InChI=1S/C12H11BrN4O4/c1-21-10-3-2-7(13)4-8(10)14-12(20)9-5-17(16-15-9)6-11(18)19/h2-5H,6H2,1H3,(H,14,20)(H,18,19). The number of rotatable bonds is 5. The number of nitrogens with zero attached hydrogens (tertiary/aromatic N) is 3. The van der Waals surface area contributed by atoms with Crippen LogP contribution in [0.25, 0.3) is 0 Å². The van der Waals surface area contributed by atoms with E-state index < -0.39 is 11.9 Å². The molecule has 0 unspecified atom stereocenters. The first-order valence-electron chi connectivity index (χ1n) is 5.76. The number of halogens is 1. The molecule has 1 amide bonds. The number of hydrogen-bond donors (Lipinski definition) is 2. The van der Waals surface area contributed by atoms with Crippen LogP contribution in [0.2, 0.25) is 0 Å². The lowest BCUT2D eigenvalue weighted by Crippen LogP contribution is -2.13. The minimum absolute atomic E-state index is 0.0123. The van der Waals surface area contributed by atoms with Crippen LogP contribution in [0.3, 0.4) is 0 Å². The molecule has 0 aliphatic carbocycles. The van der Waals surface area contributed by atoms with Crippen molar-refractivity contribution >= 4 is 33.5 Å². The van der Waals surface area contributed by atoms with Gasteiger partial charge in [-0.1, -0.05) is 21.1 Å². The molecule has 1 aromatic heterocycles. The van der Waals surface area contributed by atoms with E-state index in [0.717, 1.165) is 9.15 Å². The lowest BCUT2D eigenvalue weighted by Gasteiger charge is -2.09. The number of amides is 1. The molecule has 2 aromatic rings. The highest BCUT2D eigenvalue weighted by Crippen LogP contribution is 2.28. The van der Waals surface area contributed by atoms with E-state index in [9.17, 15) is 9.59 Å². The zero-order chi connectivity index (χ0) is 15.4. The molecule has 2 N–H and O–H groups in total. The van der Waals surface area contributed by atoms with Gasteiger partial charge in [0.1, 0.15) is 12.3 Å². The number of ether oxygens (including phenoxy) is 1. The van der Waals surface area contributed by atoms with Crippen LogP contribution in [-0.2, 0) is 11.3 Å². The van der Waals surface area contributed by atoms with Crippen molar-refractivity contribution in [2.45, 2.75) is 6.54 Å². The third-order valence-electron chi connectivity index (χ3n) is 2.48. The zero-order valence-electron chi connectivity index (χ0n) is 10.9. The number of anilines is 1. The Kier molecular flexibility index (Phi) is 4.53. The van der Waals surface area contributed by atoms with Crippen molar-refractivity contribution in [1.29, 1.82) is 0 Å². The Morgan fingerprint density at radius 3 is 2.90 bits per heavy atom. The van der Waals surface area contributed by atoms with Crippen molar-refractivity contribution in [3.05, 3.63) is 34.6 Å². The summed E-state index contributed by atoms with van der Waals surface area (Å²) in [6, 6.07) is 5.15. The molecule has 110 valence electrons. The molecule has 1 aromatic carbocycles. The van der Waals surface area contributed by atoms with E-state index in [4.69, 9.17) is 9.84 Å². The van der Waals surface area contributed by atoms with Gasteiger partial charge in [0.15, 0.2) is 5.69 Å². The van der Waals surface area contributed by atoms with Crippen LogP contribution >= 0.6 is 15.9 Å². The molecule has 0 spiro atoms. The van der Waals surface area contributed by atoms with E-state index in [1.54, 1.807) is 18.2 Å². The normalized spacial score (nSPS) is 10.2. The number of hydrogen-bond acceptors (Lipinski definition) is 5. The van der Waals surface area contributed by atoms with Gasteiger partial charge in [-0.15, -0.1) is 5.10 Å². The van der Waals surface area contributed by atoms with E-state index in [0.29, 0.717) is 11.4 Å². The van der Waals surface area contributed by atoms with Crippen molar-refractivity contribution in [2.24, 2.45) is 0 Å². The van der Waals surface area contributed by atoms with Gasteiger partial charge in [0.25, 0.3) is 5.91 Å².